The molecular weight excluding hydrogens is 319 g/mol. The van der Waals surface area contributed by atoms with Crippen molar-refractivity contribution in [2.24, 2.45) is 0 Å². The first-order chi connectivity index (χ1) is 12.2. The zero-order chi connectivity index (χ0) is 17.6. The molecule has 1 N–H and O–H groups in total. The molecule has 4 nitrogen and oxygen atoms in total. The van der Waals surface area contributed by atoms with E-state index in [-0.39, 0.29) is 17.8 Å². The first kappa shape index (κ1) is 17.4. The molecule has 0 spiro atoms. The van der Waals surface area contributed by atoms with Crippen molar-refractivity contribution in [2.75, 3.05) is 26.7 Å². The van der Waals surface area contributed by atoms with Crippen LogP contribution in [0.1, 0.15) is 23.6 Å². The van der Waals surface area contributed by atoms with Crippen molar-refractivity contribution in [1.82, 2.24) is 10.2 Å². The number of hydrogen-bond acceptors (Lipinski definition) is 3. The number of hydrogen-bond donors (Lipinski definition) is 1. The number of amides is 1. The average Bonchev–Trinajstić information content (AvgIpc) is 2.67. The van der Waals surface area contributed by atoms with E-state index in [1.165, 1.54) is 6.07 Å². The van der Waals surface area contributed by atoms with Crippen LogP contribution in [0.5, 0.6) is 5.75 Å². The highest BCUT2D eigenvalue weighted by Crippen LogP contribution is 2.25. The lowest BCUT2D eigenvalue weighted by Crippen LogP contribution is -2.48. The van der Waals surface area contributed by atoms with E-state index in [0.29, 0.717) is 24.9 Å². The Hall–Kier alpha value is -2.40. The SMILES string of the molecule is COc1ccc([C@H]2CNCCN2C(=O)CCc2ccccc2F)cc1. The number of aryl methyl sites for hydroxylation is 1. The zero-order valence-corrected chi connectivity index (χ0v) is 14.4. The van der Waals surface area contributed by atoms with Crippen LogP contribution in [0.3, 0.4) is 0 Å². The summed E-state index contributed by atoms with van der Waals surface area (Å²) in [4.78, 5) is 14.6. The van der Waals surface area contributed by atoms with Crippen LogP contribution in [0, 0.1) is 5.82 Å². The van der Waals surface area contributed by atoms with Gasteiger partial charge in [0.05, 0.1) is 13.2 Å². The number of rotatable bonds is 5. The van der Waals surface area contributed by atoms with E-state index >= 15 is 0 Å². The molecule has 0 radical (unpaired) electrons. The molecule has 1 heterocycles. The number of methoxy groups -OCH3 is 1. The van der Waals surface area contributed by atoms with Crippen LogP contribution in [0.15, 0.2) is 48.5 Å². The Morgan fingerprint density at radius 2 is 2.00 bits per heavy atom. The number of nitrogens with zero attached hydrogens (tertiary/aromatic N) is 1. The molecule has 2 aromatic rings. The molecule has 25 heavy (non-hydrogen) atoms. The summed E-state index contributed by atoms with van der Waals surface area (Å²) in [6, 6.07) is 14.4. The van der Waals surface area contributed by atoms with Gasteiger partial charge < -0.3 is 15.0 Å². The molecule has 132 valence electrons. The molecule has 0 aliphatic carbocycles. The third kappa shape index (κ3) is 4.17. The molecule has 0 bridgehead atoms. The monoisotopic (exact) mass is 342 g/mol. The third-order valence-corrected chi connectivity index (χ3v) is 4.63. The van der Waals surface area contributed by atoms with Crippen molar-refractivity contribution in [3.05, 3.63) is 65.5 Å². The van der Waals surface area contributed by atoms with Crippen molar-refractivity contribution >= 4 is 5.91 Å². The Kier molecular flexibility index (Phi) is 5.66. The van der Waals surface area contributed by atoms with Crippen LogP contribution in [0.4, 0.5) is 4.39 Å². The van der Waals surface area contributed by atoms with E-state index in [2.05, 4.69) is 5.32 Å². The van der Waals surface area contributed by atoms with Crippen LogP contribution in [-0.4, -0.2) is 37.6 Å². The second-order valence-corrected chi connectivity index (χ2v) is 6.17. The highest BCUT2D eigenvalue weighted by molar-refractivity contribution is 5.77. The molecule has 5 heteroatoms. The molecule has 1 fully saturated rings. The van der Waals surface area contributed by atoms with E-state index in [1.807, 2.05) is 29.2 Å². The van der Waals surface area contributed by atoms with Gasteiger partial charge in [-0.25, -0.2) is 4.39 Å². The smallest absolute Gasteiger partial charge is 0.223 e. The fourth-order valence-corrected chi connectivity index (χ4v) is 3.21. The number of benzene rings is 2. The number of ether oxygens (including phenoxy) is 1. The van der Waals surface area contributed by atoms with Gasteiger partial charge in [-0.15, -0.1) is 0 Å². The number of nitrogens with one attached hydrogen (secondary N) is 1. The molecule has 1 atom stereocenters. The van der Waals surface area contributed by atoms with E-state index in [9.17, 15) is 9.18 Å². The van der Waals surface area contributed by atoms with Gasteiger partial charge >= 0.3 is 0 Å². The molecule has 1 amide bonds. The van der Waals surface area contributed by atoms with Crippen molar-refractivity contribution in [1.29, 1.82) is 0 Å². The number of carbonyl (C=O) groups is 1. The number of carbonyl (C=O) groups excluding carboxylic acids is 1. The Labute approximate surface area is 147 Å². The van der Waals surface area contributed by atoms with Gasteiger partial charge in [0.2, 0.25) is 5.91 Å². The van der Waals surface area contributed by atoms with Crippen LogP contribution in [-0.2, 0) is 11.2 Å². The molecule has 0 saturated carbocycles. The maximum atomic E-state index is 13.7. The van der Waals surface area contributed by atoms with Gasteiger partial charge in [-0.1, -0.05) is 30.3 Å². The summed E-state index contributed by atoms with van der Waals surface area (Å²) in [5, 5.41) is 3.34. The van der Waals surface area contributed by atoms with Gasteiger partial charge in [-0.05, 0) is 35.7 Å². The van der Waals surface area contributed by atoms with E-state index in [0.717, 1.165) is 24.4 Å². The fourth-order valence-electron chi connectivity index (χ4n) is 3.21. The largest absolute Gasteiger partial charge is 0.497 e. The minimum atomic E-state index is -0.248. The lowest BCUT2D eigenvalue weighted by Gasteiger charge is -2.36. The molecule has 2 aromatic carbocycles. The molecular formula is C20H23FN2O2. The summed E-state index contributed by atoms with van der Waals surface area (Å²) in [6.45, 7) is 2.16. The van der Waals surface area contributed by atoms with Gasteiger partial charge in [-0.3, -0.25) is 4.79 Å². The molecule has 0 aromatic heterocycles. The summed E-state index contributed by atoms with van der Waals surface area (Å²) in [6.07, 6.45) is 0.734. The number of piperazine rings is 1. The van der Waals surface area contributed by atoms with E-state index < -0.39 is 0 Å². The molecule has 1 aliphatic rings. The summed E-state index contributed by atoms with van der Waals surface area (Å²) in [7, 11) is 1.63. The predicted molar refractivity (Wildman–Crippen MR) is 95.0 cm³/mol. The first-order valence-corrected chi connectivity index (χ1v) is 8.56. The van der Waals surface area contributed by atoms with Crippen LogP contribution in [0.25, 0.3) is 0 Å². The highest BCUT2D eigenvalue weighted by Gasteiger charge is 2.27. The highest BCUT2D eigenvalue weighted by atomic mass is 19.1. The lowest BCUT2D eigenvalue weighted by molar-refractivity contribution is -0.134. The van der Waals surface area contributed by atoms with Gasteiger partial charge in [0.15, 0.2) is 0 Å². The Bertz CT molecular complexity index is 718. The van der Waals surface area contributed by atoms with Gasteiger partial charge in [0.25, 0.3) is 0 Å². The van der Waals surface area contributed by atoms with Crippen molar-refractivity contribution in [3.63, 3.8) is 0 Å². The maximum absolute atomic E-state index is 13.7. The van der Waals surface area contributed by atoms with Crippen LogP contribution < -0.4 is 10.1 Å². The Morgan fingerprint density at radius 1 is 1.24 bits per heavy atom. The van der Waals surface area contributed by atoms with Crippen molar-refractivity contribution in [3.8, 4) is 5.75 Å². The normalized spacial score (nSPS) is 17.4. The van der Waals surface area contributed by atoms with Crippen LogP contribution >= 0.6 is 0 Å². The lowest BCUT2D eigenvalue weighted by atomic mass is 10.0. The van der Waals surface area contributed by atoms with Gasteiger partial charge in [0.1, 0.15) is 11.6 Å². The molecule has 3 rings (SSSR count). The Balaban J connectivity index is 1.69. The summed E-state index contributed by atoms with van der Waals surface area (Å²) in [5.74, 6) is 0.609. The molecule has 1 aliphatic heterocycles. The molecule has 1 saturated heterocycles. The third-order valence-electron chi connectivity index (χ3n) is 4.63. The van der Waals surface area contributed by atoms with E-state index in [1.54, 1.807) is 25.3 Å². The number of halogens is 1. The predicted octanol–water partition coefficient (Wildman–Crippen LogP) is 2.94. The standard InChI is InChI=1S/C20H23FN2O2/c1-25-17-9-6-16(7-10-17)19-14-22-12-13-23(19)20(24)11-8-15-4-2-3-5-18(15)21/h2-7,9-10,19,22H,8,11-14H2,1H3/t19-/m1/s1. The Morgan fingerprint density at radius 3 is 2.72 bits per heavy atom. The maximum Gasteiger partial charge on any atom is 0.223 e. The summed E-state index contributed by atoms with van der Waals surface area (Å²) < 4.78 is 18.9. The van der Waals surface area contributed by atoms with Crippen LogP contribution in [0.2, 0.25) is 0 Å². The van der Waals surface area contributed by atoms with Crippen molar-refractivity contribution in [2.45, 2.75) is 18.9 Å². The molecule has 0 unspecified atom stereocenters. The van der Waals surface area contributed by atoms with Gasteiger partial charge in [-0.2, -0.15) is 0 Å². The minimum absolute atomic E-state index is 0.00669. The fraction of sp³-hybridized carbons (Fsp3) is 0.350. The second kappa shape index (κ2) is 8.12. The minimum Gasteiger partial charge on any atom is -0.497 e. The summed E-state index contributed by atoms with van der Waals surface area (Å²) in [5.41, 5.74) is 1.67. The summed E-state index contributed by atoms with van der Waals surface area (Å²) >= 11 is 0. The topological polar surface area (TPSA) is 41.6 Å². The quantitative estimate of drug-likeness (QED) is 0.908. The van der Waals surface area contributed by atoms with E-state index in [4.69, 9.17) is 4.74 Å². The van der Waals surface area contributed by atoms with Gasteiger partial charge in [0, 0.05) is 26.1 Å². The first-order valence-electron chi connectivity index (χ1n) is 8.56. The zero-order valence-electron chi connectivity index (χ0n) is 14.4. The van der Waals surface area contributed by atoms with Crippen molar-refractivity contribution < 1.29 is 13.9 Å². The second-order valence-electron chi connectivity index (χ2n) is 6.17. The average molecular weight is 342 g/mol.